The van der Waals surface area contributed by atoms with E-state index in [2.05, 4.69) is 15.6 Å². The van der Waals surface area contributed by atoms with E-state index < -0.39 is 0 Å². The molecule has 0 spiro atoms. The Morgan fingerprint density at radius 2 is 2.29 bits per heavy atom. The number of rotatable bonds is 4. The normalized spacial score (nSPS) is 21.0. The molecule has 1 fully saturated rings. The van der Waals surface area contributed by atoms with E-state index in [0.29, 0.717) is 0 Å². The molecule has 1 aromatic heterocycles. The maximum Gasteiger partial charge on any atom is 0.0371 e. The Morgan fingerprint density at radius 3 is 3.00 bits per heavy atom. The zero-order chi connectivity index (χ0) is 9.64. The third-order valence-electron chi connectivity index (χ3n) is 2.66. The van der Waals surface area contributed by atoms with Crippen LogP contribution in [-0.2, 0) is 0 Å². The van der Waals surface area contributed by atoms with Gasteiger partial charge in [0.1, 0.15) is 0 Å². The average molecular weight is 191 g/mol. The fraction of sp³-hybridized carbons (Fsp3) is 0.545. The minimum Gasteiger partial charge on any atom is -0.385 e. The van der Waals surface area contributed by atoms with E-state index in [1.165, 1.54) is 25.8 Å². The summed E-state index contributed by atoms with van der Waals surface area (Å²) in [7, 11) is 0. The number of hydrogen-bond acceptors (Lipinski definition) is 3. The summed E-state index contributed by atoms with van der Waals surface area (Å²) in [5.41, 5.74) is 1.16. The highest BCUT2D eigenvalue weighted by Gasteiger charge is 2.12. The zero-order valence-corrected chi connectivity index (χ0v) is 8.37. The Hall–Kier alpha value is -1.09. The highest BCUT2D eigenvalue weighted by Crippen LogP contribution is 2.09. The minimum absolute atomic E-state index is 0.726. The summed E-state index contributed by atoms with van der Waals surface area (Å²) >= 11 is 0. The molecule has 1 unspecified atom stereocenters. The van der Waals surface area contributed by atoms with Gasteiger partial charge >= 0.3 is 0 Å². The van der Waals surface area contributed by atoms with E-state index in [1.807, 2.05) is 24.5 Å². The number of hydrogen-bond donors (Lipinski definition) is 2. The van der Waals surface area contributed by atoms with Crippen molar-refractivity contribution >= 4 is 5.69 Å². The van der Waals surface area contributed by atoms with E-state index in [9.17, 15) is 0 Å². The Bertz CT molecular complexity index is 254. The van der Waals surface area contributed by atoms with Crippen molar-refractivity contribution in [3.05, 3.63) is 24.5 Å². The third-order valence-corrected chi connectivity index (χ3v) is 2.66. The van der Waals surface area contributed by atoms with Crippen LogP contribution in [0.1, 0.15) is 19.3 Å². The molecule has 3 heteroatoms. The zero-order valence-electron chi connectivity index (χ0n) is 8.37. The highest BCUT2D eigenvalue weighted by atomic mass is 14.9. The second-order valence-corrected chi connectivity index (χ2v) is 3.74. The van der Waals surface area contributed by atoms with E-state index in [4.69, 9.17) is 0 Å². The van der Waals surface area contributed by atoms with Crippen molar-refractivity contribution in [3.63, 3.8) is 0 Å². The molecule has 2 rings (SSSR count). The molecule has 0 bridgehead atoms. The average Bonchev–Trinajstić information content (AvgIpc) is 2.72. The summed E-state index contributed by atoms with van der Waals surface area (Å²) in [6.07, 6.45) is 7.51. The van der Waals surface area contributed by atoms with Crippen LogP contribution in [0.3, 0.4) is 0 Å². The van der Waals surface area contributed by atoms with Gasteiger partial charge in [-0.1, -0.05) is 0 Å². The van der Waals surface area contributed by atoms with E-state index in [1.54, 1.807) is 0 Å². The number of anilines is 1. The van der Waals surface area contributed by atoms with Gasteiger partial charge in [-0.15, -0.1) is 0 Å². The van der Waals surface area contributed by atoms with Gasteiger partial charge in [0.05, 0.1) is 0 Å². The summed E-state index contributed by atoms with van der Waals surface area (Å²) in [5, 5.41) is 6.88. The lowest BCUT2D eigenvalue weighted by atomic mass is 10.1. The van der Waals surface area contributed by atoms with Gasteiger partial charge in [-0.2, -0.15) is 0 Å². The second kappa shape index (κ2) is 4.96. The molecule has 0 amide bonds. The quantitative estimate of drug-likeness (QED) is 0.759. The molecule has 1 aliphatic rings. The molecule has 0 radical (unpaired) electrons. The molecule has 3 nitrogen and oxygen atoms in total. The molecule has 1 saturated heterocycles. The van der Waals surface area contributed by atoms with Crippen molar-refractivity contribution in [2.45, 2.75) is 25.3 Å². The summed E-state index contributed by atoms with van der Waals surface area (Å²) in [5.74, 6) is 0. The summed E-state index contributed by atoms with van der Waals surface area (Å²) in [6, 6.07) is 4.73. The van der Waals surface area contributed by atoms with Gasteiger partial charge in [-0.05, 0) is 37.9 Å². The van der Waals surface area contributed by atoms with Crippen LogP contribution in [-0.4, -0.2) is 24.1 Å². The fourth-order valence-electron chi connectivity index (χ4n) is 1.86. The SMILES string of the molecule is c1cc(NCCC2CCCN2)ccn1. The van der Waals surface area contributed by atoms with Crippen LogP contribution in [0.4, 0.5) is 5.69 Å². The first kappa shape index (κ1) is 9.46. The molecule has 2 heterocycles. The summed E-state index contributed by atoms with van der Waals surface area (Å²) < 4.78 is 0. The van der Waals surface area contributed by atoms with Gasteiger partial charge in [0.15, 0.2) is 0 Å². The molecule has 1 aliphatic heterocycles. The lowest BCUT2D eigenvalue weighted by molar-refractivity contribution is 0.574. The summed E-state index contributed by atoms with van der Waals surface area (Å²) in [6.45, 7) is 2.24. The Kier molecular flexibility index (Phi) is 3.35. The molecule has 1 atom stereocenters. The standard InChI is InChI=1S/C11H17N3/c1-2-10(13-6-1)5-9-14-11-3-7-12-8-4-11/h3-4,7-8,10,13H,1-2,5-6,9H2,(H,12,14). The van der Waals surface area contributed by atoms with Gasteiger partial charge in [0, 0.05) is 30.7 Å². The van der Waals surface area contributed by atoms with Gasteiger partial charge < -0.3 is 10.6 Å². The van der Waals surface area contributed by atoms with Crippen LogP contribution in [0.25, 0.3) is 0 Å². The predicted octanol–water partition coefficient (Wildman–Crippen LogP) is 1.64. The van der Waals surface area contributed by atoms with E-state index in [-0.39, 0.29) is 0 Å². The van der Waals surface area contributed by atoms with Gasteiger partial charge in [0.25, 0.3) is 0 Å². The van der Waals surface area contributed by atoms with Crippen LogP contribution >= 0.6 is 0 Å². The smallest absolute Gasteiger partial charge is 0.0371 e. The van der Waals surface area contributed by atoms with E-state index in [0.717, 1.165) is 18.3 Å². The van der Waals surface area contributed by atoms with Crippen molar-refractivity contribution in [1.29, 1.82) is 0 Å². The summed E-state index contributed by atoms with van der Waals surface area (Å²) in [4.78, 5) is 3.98. The van der Waals surface area contributed by atoms with Crippen molar-refractivity contribution in [2.75, 3.05) is 18.4 Å². The van der Waals surface area contributed by atoms with Crippen molar-refractivity contribution in [2.24, 2.45) is 0 Å². The largest absolute Gasteiger partial charge is 0.385 e. The van der Waals surface area contributed by atoms with Gasteiger partial charge in [0.2, 0.25) is 0 Å². The first-order chi connectivity index (χ1) is 6.95. The van der Waals surface area contributed by atoms with Crippen LogP contribution in [0, 0.1) is 0 Å². The number of nitrogens with zero attached hydrogens (tertiary/aromatic N) is 1. The predicted molar refractivity (Wildman–Crippen MR) is 58.4 cm³/mol. The molecule has 0 saturated carbocycles. The van der Waals surface area contributed by atoms with E-state index >= 15 is 0 Å². The van der Waals surface area contributed by atoms with Crippen molar-refractivity contribution in [3.8, 4) is 0 Å². The number of nitrogens with one attached hydrogen (secondary N) is 2. The lowest BCUT2D eigenvalue weighted by Gasteiger charge is -2.11. The second-order valence-electron chi connectivity index (χ2n) is 3.74. The molecule has 2 N–H and O–H groups in total. The van der Waals surface area contributed by atoms with Crippen LogP contribution in [0.2, 0.25) is 0 Å². The maximum atomic E-state index is 3.98. The molecule has 14 heavy (non-hydrogen) atoms. The Labute approximate surface area is 84.9 Å². The molecular formula is C11H17N3. The lowest BCUT2D eigenvalue weighted by Crippen LogP contribution is -2.24. The third kappa shape index (κ3) is 2.70. The number of aromatic nitrogens is 1. The topological polar surface area (TPSA) is 37.0 Å². The van der Waals surface area contributed by atoms with Crippen LogP contribution in [0.15, 0.2) is 24.5 Å². The molecule has 0 aromatic carbocycles. The van der Waals surface area contributed by atoms with Crippen molar-refractivity contribution in [1.82, 2.24) is 10.3 Å². The first-order valence-corrected chi connectivity index (χ1v) is 5.32. The molecule has 0 aliphatic carbocycles. The number of pyridine rings is 1. The van der Waals surface area contributed by atoms with Crippen LogP contribution in [0.5, 0.6) is 0 Å². The Balaban J connectivity index is 1.67. The minimum atomic E-state index is 0.726. The van der Waals surface area contributed by atoms with Crippen molar-refractivity contribution < 1.29 is 0 Å². The van der Waals surface area contributed by atoms with Gasteiger partial charge in [-0.25, -0.2) is 0 Å². The maximum absolute atomic E-state index is 3.98. The monoisotopic (exact) mass is 191 g/mol. The first-order valence-electron chi connectivity index (χ1n) is 5.32. The molecule has 1 aromatic rings. The Morgan fingerprint density at radius 1 is 1.43 bits per heavy atom. The van der Waals surface area contributed by atoms with Crippen LogP contribution < -0.4 is 10.6 Å². The molecular weight excluding hydrogens is 174 g/mol. The molecule has 76 valence electrons. The fourth-order valence-corrected chi connectivity index (χ4v) is 1.86. The highest BCUT2D eigenvalue weighted by molar-refractivity contribution is 5.40. The van der Waals surface area contributed by atoms with Gasteiger partial charge in [-0.3, -0.25) is 4.98 Å².